The largest absolute Gasteiger partial charge is 0.496 e. The lowest BCUT2D eigenvalue weighted by atomic mass is 9.89. The minimum absolute atomic E-state index is 0.678. The number of hydrogen-bond donors (Lipinski definition) is 0. The molecule has 0 N–H and O–H groups in total. The van der Waals surface area contributed by atoms with Crippen molar-refractivity contribution >= 4 is 32.3 Å². The Bertz CT molecular complexity index is 1620. The summed E-state index contributed by atoms with van der Waals surface area (Å²) in [7, 11) is 1.76. The molecule has 0 aliphatic carbocycles. The summed E-state index contributed by atoms with van der Waals surface area (Å²) in [6.07, 6.45) is 18.6. The Morgan fingerprint density at radius 3 is 0.980 bits per heavy atom. The number of methoxy groups -OCH3 is 1. The first-order valence-electron chi connectivity index (χ1n) is 20.0. The second-order valence-electron chi connectivity index (χ2n) is 14.1. The summed E-state index contributed by atoms with van der Waals surface area (Å²) in [4.78, 5) is 0. The predicted octanol–water partition coefficient (Wildman–Crippen LogP) is 13.6. The van der Waals surface area contributed by atoms with Crippen LogP contribution in [0.5, 0.6) is 28.7 Å². The molecule has 0 saturated heterocycles. The van der Waals surface area contributed by atoms with Gasteiger partial charge in [0.05, 0.1) is 33.5 Å². The first-order valence-corrected chi connectivity index (χ1v) is 20.0. The summed E-state index contributed by atoms with van der Waals surface area (Å²) in [6.45, 7) is 16.1. The van der Waals surface area contributed by atoms with E-state index in [1.54, 1.807) is 7.11 Å². The van der Waals surface area contributed by atoms with Crippen molar-refractivity contribution in [3.63, 3.8) is 0 Å². The zero-order valence-electron chi connectivity index (χ0n) is 32.6. The molecule has 0 aromatic heterocycles. The molecule has 4 aromatic rings. The first kappa shape index (κ1) is 39.4. The highest BCUT2D eigenvalue weighted by molar-refractivity contribution is 6.27. The van der Waals surface area contributed by atoms with Crippen LogP contribution in [0.15, 0.2) is 30.3 Å². The molecule has 0 amide bonds. The predicted molar refractivity (Wildman–Crippen MR) is 214 cm³/mol. The van der Waals surface area contributed by atoms with Gasteiger partial charge in [0.15, 0.2) is 23.0 Å². The maximum Gasteiger partial charge on any atom is 0.161 e. The van der Waals surface area contributed by atoms with Gasteiger partial charge in [-0.1, -0.05) is 105 Å². The Balaban J connectivity index is 1.92. The van der Waals surface area contributed by atoms with E-state index in [0.29, 0.717) is 26.4 Å². The molecule has 0 unspecified atom stereocenters. The first-order chi connectivity index (χ1) is 24.5. The van der Waals surface area contributed by atoms with Crippen LogP contribution in [0, 0.1) is 13.8 Å². The highest BCUT2D eigenvalue weighted by Gasteiger charge is 2.21. The number of rotatable bonds is 25. The molecular weight excluding hydrogens is 620 g/mol. The number of benzene rings is 4. The van der Waals surface area contributed by atoms with Gasteiger partial charge in [-0.15, -0.1) is 0 Å². The maximum atomic E-state index is 6.56. The van der Waals surface area contributed by atoms with Crippen molar-refractivity contribution < 1.29 is 23.7 Å². The Kier molecular flexibility index (Phi) is 16.7. The minimum Gasteiger partial charge on any atom is -0.496 e. The summed E-state index contributed by atoms with van der Waals surface area (Å²) in [6, 6.07) is 11.1. The van der Waals surface area contributed by atoms with E-state index in [2.05, 4.69) is 71.9 Å². The molecule has 276 valence electrons. The second-order valence-corrected chi connectivity index (χ2v) is 14.1. The van der Waals surface area contributed by atoms with E-state index in [1.807, 2.05) is 0 Å². The molecule has 4 rings (SSSR count). The van der Waals surface area contributed by atoms with Crippen molar-refractivity contribution in [3.05, 3.63) is 41.5 Å². The average Bonchev–Trinajstić information content (AvgIpc) is 3.12. The van der Waals surface area contributed by atoms with Crippen molar-refractivity contribution in [1.82, 2.24) is 0 Å². The summed E-state index contributed by atoms with van der Waals surface area (Å²) in [5, 5.41) is 6.95. The van der Waals surface area contributed by atoms with Crippen molar-refractivity contribution in [2.24, 2.45) is 0 Å². The van der Waals surface area contributed by atoms with Gasteiger partial charge in [-0.25, -0.2) is 0 Å². The van der Waals surface area contributed by atoms with Gasteiger partial charge in [0, 0.05) is 0 Å². The number of unbranched alkanes of at least 4 members (excludes halogenated alkanes) is 12. The van der Waals surface area contributed by atoms with Gasteiger partial charge in [-0.05, 0) is 113 Å². The van der Waals surface area contributed by atoms with Gasteiger partial charge < -0.3 is 23.7 Å². The number of aryl methyl sites for hydroxylation is 1. The van der Waals surface area contributed by atoms with Crippen LogP contribution in [0.2, 0.25) is 0 Å². The summed E-state index contributed by atoms with van der Waals surface area (Å²) < 4.78 is 32.1. The summed E-state index contributed by atoms with van der Waals surface area (Å²) in [5.74, 6) is 4.19. The van der Waals surface area contributed by atoms with Gasteiger partial charge >= 0.3 is 0 Å². The van der Waals surface area contributed by atoms with Crippen LogP contribution in [0.4, 0.5) is 0 Å². The van der Waals surface area contributed by atoms with Gasteiger partial charge in [-0.3, -0.25) is 0 Å². The van der Waals surface area contributed by atoms with Crippen LogP contribution in [-0.2, 0) is 0 Å². The Labute approximate surface area is 303 Å². The summed E-state index contributed by atoms with van der Waals surface area (Å²) in [5.41, 5.74) is 2.37. The average molecular weight is 687 g/mol. The fourth-order valence-corrected chi connectivity index (χ4v) is 6.95. The Morgan fingerprint density at radius 1 is 0.360 bits per heavy atom. The number of ether oxygens (including phenoxy) is 5. The molecule has 0 fully saturated rings. The standard InChI is InChI=1S/C45H66O5/c1-8-12-16-20-24-47-41-28-35-36(29-42(41)48-25-21-17-13-9-2)38-31-40(46-7)33(5)34(6)45(38)39-32-44(50-27-23-19-15-11-4)43(30-37(35)39)49-26-22-18-14-10-3/h28-32H,8-27H2,1-7H3. The molecule has 0 aliphatic rings. The number of hydrogen-bond acceptors (Lipinski definition) is 5. The van der Waals surface area contributed by atoms with Crippen LogP contribution in [0.1, 0.15) is 142 Å². The maximum absolute atomic E-state index is 6.56. The zero-order valence-corrected chi connectivity index (χ0v) is 32.6. The normalized spacial score (nSPS) is 11.5. The molecule has 5 heteroatoms. The monoisotopic (exact) mass is 686 g/mol. The lowest BCUT2D eigenvalue weighted by Crippen LogP contribution is -2.04. The van der Waals surface area contributed by atoms with Crippen LogP contribution in [-0.4, -0.2) is 33.5 Å². The second kappa shape index (κ2) is 21.1. The van der Waals surface area contributed by atoms with E-state index in [4.69, 9.17) is 23.7 Å². The van der Waals surface area contributed by atoms with Gasteiger partial charge in [0.25, 0.3) is 0 Å². The molecular formula is C45H66O5. The van der Waals surface area contributed by atoms with E-state index in [1.165, 1.54) is 93.4 Å². The third kappa shape index (κ3) is 10.4. The van der Waals surface area contributed by atoms with Crippen LogP contribution in [0.3, 0.4) is 0 Å². The SMILES string of the molecule is CCCCCCOc1cc2c3cc(OCCCCCC)c(OCCCCCC)cc3c3c(C)c(C)c(OC)cc3c2cc1OCCCCCC. The molecule has 0 radical (unpaired) electrons. The molecule has 50 heavy (non-hydrogen) atoms. The van der Waals surface area contributed by atoms with Gasteiger partial charge in [0.2, 0.25) is 0 Å². The van der Waals surface area contributed by atoms with Gasteiger partial charge in [-0.2, -0.15) is 0 Å². The molecule has 4 aromatic carbocycles. The lowest BCUT2D eigenvalue weighted by Gasteiger charge is -2.21. The molecule has 0 aliphatic heterocycles. The lowest BCUT2D eigenvalue weighted by molar-refractivity contribution is 0.259. The third-order valence-electron chi connectivity index (χ3n) is 10.1. The van der Waals surface area contributed by atoms with E-state index >= 15 is 0 Å². The molecule has 0 spiro atoms. The van der Waals surface area contributed by atoms with Crippen LogP contribution >= 0.6 is 0 Å². The third-order valence-corrected chi connectivity index (χ3v) is 10.1. The summed E-state index contributed by atoms with van der Waals surface area (Å²) >= 11 is 0. The number of fused-ring (bicyclic) bond motifs is 6. The van der Waals surface area contributed by atoms with E-state index in [9.17, 15) is 0 Å². The molecule has 0 heterocycles. The van der Waals surface area contributed by atoms with Crippen molar-refractivity contribution in [2.75, 3.05) is 33.5 Å². The fraction of sp³-hybridized carbons (Fsp3) is 0.600. The highest BCUT2D eigenvalue weighted by Crippen LogP contribution is 2.47. The van der Waals surface area contributed by atoms with Crippen molar-refractivity contribution in [3.8, 4) is 28.7 Å². The van der Waals surface area contributed by atoms with E-state index < -0.39 is 0 Å². The minimum atomic E-state index is 0.678. The quantitative estimate of drug-likeness (QED) is 0.0513. The van der Waals surface area contributed by atoms with E-state index in [0.717, 1.165) is 81.5 Å². The Hall–Kier alpha value is -3.34. The fourth-order valence-electron chi connectivity index (χ4n) is 6.95. The van der Waals surface area contributed by atoms with Crippen molar-refractivity contribution in [2.45, 2.75) is 144 Å². The molecule has 0 bridgehead atoms. The van der Waals surface area contributed by atoms with Gasteiger partial charge in [0.1, 0.15) is 5.75 Å². The molecule has 0 saturated carbocycles. The van der Waals surface area contributed by atoms with Crippen LogP contribution < -0.4 is 23.7 Å². The van der Waals surface area contributed by atoms with Crippen LogP contribution in [0.25, 0.3) is 32.3 Å². The smallest absolute Gasteiger partial charge is 0.161 e. The molecule has 0 atom stereocenters. The highest BCUT2D eigenvalue weighted by atomic mass is 16.5. The Morgan fingerprint density at radius 2 is 0.660 bits per heavy atom. The van der Waals surface area contributed by atoms with Crippen molar-refractivity contribution in [1.29, 1.82) is 0 Å². The zero-order chi connectivity index (χ0) is 35.7. The topological polar surface area (TPSA) is 46.2 Å². The molecule has 5 nitrogen and oxygen atoms in total. The van der Waals surface area contributed by atoms with E-state index in [-0.39, 0.29) is 0 Å².